The second kappa shape index (κ2) is 8.33. The minimum Gasteiger partial charge on any atom is -0.313 e. The minimum atomic E-state index is 0.492. The molecule has 3 unspecified atom stereocenters. The highest BCUT2D eigenvalue weighted by Gasteiger charge is 2.30. The largest absolute Gasteiger partial charge is 0.313 e. The monoisotopic (exact) mass is 393 g/mol. The molecule has 112 valence electrons. The molecule has 1 saturated heterocycles. The average molecular weight is 395 g/mol. The van der Waals surface area contributed by atoms with Gasteiger partial charge in [0.15, 0.2) is 0 Å². The van der Waals surface area contributed by atoms with E-state index < -0.39 is 0 Å². The number of halogens is 2. The van der Waals surface area contributed by atoms with Gasteiger partial charge >= 0.3 is 0 Å². The Hall–Kier alpha value is 0.650. The Bertz CT molecular complexity index is 444. The fourth-order valence-corrected chi connectivity index (χ4v) is 6.29. The molecule has 20 heavy (non-hydrogen) atoms. The molecule has 1 aromatic rings. The molecule has 0 bridgehead atoms. The number of likely N-dealkylation sites (N-methyl/N-ethyl adjacent to an activating group) is 1. The minimum absolute atomic E-state index is 0.492. The number of benzene rings is 1. The third kappa shape index (κ3) is 4.57. The van der Waals surface area contributed by atoms with Gasteiger partial charge in [-0.25, -0.2) is 0 Å². The molecule has 1 aliphatic heterocycles. The zero-order valence-corrected chi connectivity index (χ0v) is 15.8. The highest BCUT2D eigenvalue weighted by atomic mass is 79.9. The van der Waals surface area contributed by atoms with Crippen LogP contribution in [0.25, 0.3) is 0 Å². The standard InChI is InChI=1S/C15H21BrClNS2/c1-3-18-14(15-10(2)19-6-7-20-15)8-11-4-5-12(16)9-13(11)17/h4-5,9-10,14-15,18H,3,6-8H2,1-2H3. The van der Waals surface area contributed by atoms with Crippen LogP contribution in [0.2, 0.25) is 5.02 Å². The van der Waals surface area contributed by atoms with Crippen LogP contribution in [0.5, 0.6) is 0 Å². The predicted molar refractivity (Wildman–Crippen MR) is 98.5 cm³/mol. The first-order valence-electron chi connectivity index (χ1n) is 7.02. The van der Waals surface area contributed by atoms with Crippen molar-refractivity contribution in [2.24, 2.45) is 0 Å². The van der Waals surface area contributed by atoms with Gasteiger partial charge in [-0.1, -0.05) is 47.4 Å². The lowest BCUT2D eigenvalue weighted by atomic mass is 10.0. The topological polar surface area (TPSA) is 12.0 Å². The molecular formula is C15H21BrClNS2. The van der Waals surface area contributed by atoms with Crippen LogP contribution < -0.4 is 5.32 Å². The summed E-state index contributed by atoms with van der Waals surface area (Å²) in [6.45, 7) is 5.55. The van der Waals surface area contributed by atoms with E-state index in [1.54, 1.807) is 0 Å². The van der Waals surface area contributed by atoms with Crippen molar-refractivity contribution in [3.8, 4) is 0 Å². The molecule has 0 amide bonds. The molecule has 1 fully saturated rings. The van der Waals surface area contributed by atoms with Crippen LogP contribution in [0.4, 0.5) is 0 Å². The van der Waals surface area contributed by atoms with Crippen molar-refractivity contribution in [3.63, 3.8) is 0 Å². The Labute approximate surface area is 144 Å². The van der Waals surface area contributed by atoms with E-state index >= 15 is 0 Å². The summed E-state index contributed by atoms with van der Waals surface area (Å²) in [5, 5.41) is 5.89. The van der Waals surface area contributed by atoms with Gasteiger partial charge in [0.2, 0.25) is 0 Å². The Kier molecular flexibility index (Phi) is 7.08. The first kappa shape index (κ1) is 17.0. The first-order valence-corrected chi connectivity index (χ1v) is 10.3. The number of hydrogen-bond donors (Lipinski definition) is 1. The summed E-state index contributed by atoms with van der Waals surface area (Å²) in [4.78, 5) is 0. The molecular weight excluding hydrogens is 374 g/mol. The summed E-state index contributed by atoms with van der Waals surface area (Å²) in [5.41, 5.74) is 1.24. The summed E-state index contributed by atoms with van der Waals surface area (Å²) in [6, 6.07) is 6.70. The van der Waals surface area contributed by atoms with Crippen LogP contribution in [0, 0.1) is 0 Å². The van der Waals surface area contributed by atoms with Gasteiger partial charge in [0.05, 0.1) is 0 Å². The van der Waals surface area contributed by atoms with Crippen molar-refractivity contribution >= 4 is 51.1 Å². The van der Waals surface area contributed by atoms with Gasteiger partial charge in [0, 0.05) is 37.5 Å². The van der Waals surface area contributed by atoms with Crippen molar-refractivity contribution < 1.29 is 0 Å². The lowest BCUT2D eigenvalue weighted by Gasteiger charge is -2.35. The van der Waals surface area contributed by atoms with E-state index in [2.05, 4.69) is 70.8 Å². The van der Waals surface area contributed by atoms with Gasteiger partial charge in [-0.05, 0) is 30.7 Å². The third-order valence-electron chi connectivity index (χ3n) is 3.55. The third-order valence-corrected chi connectivity index (χ3v) is 7.65. The first-order chi connectivity index (χ1) is 9.61. The fourth-order valence-electron chi connectivity index (χ4n) is 2.58. The van der Waals surface area contributed by atoms with Gasteiger partial charge < -0.3 is 5.32 Å². The van der Waals surface area contributed by atoms with Crippen LogP contribution in [0.3, 0.4) is 0 Å². The number of rotatable bonds is 5. The van der Waals surface area contributed by atoms with E-state index in [1.807, 2.05) is 6.07 Å². The van der Waals surface area contributed by atoms with E-state index in [1.165, 1.54) is 17.1 Å². The molecule has 0 aromatic heterocycles. The molecule has 0 radical (unpaired) electrons. The van der Waals surface area contributed by atoms with Gasteiger partial charge in [-0.3, -0.25) is 0 Å². The van der Waals surface area contributed by atoms with Gasteiger partial charge in [0.1, 0.15) is 0 Å². The second-order valence-electron chi connectivity index (χ2n) is 5.02. The van der Waals surface area contributed by atoms with Crippen LogP contribution in [0.1, 0.15) is 19.4 Å². The Morgan fingerprint density at radius 2 is 2.15 bits per heavy atom. The van der Waals surface area contributed by atoms with Crippen molar-refractivity contribution in [1.82, 2.24) is 5.32 Å². The van der Waals surface area contributed by atoms with Crippen molar-refractivity contribution in [1.29, 1.82) is 0 Å². The highest BCUT2D eigenvalue weighted by molar-refractivity contribution is 9.10. The van der Waals surface area contributed by atoms with Crippen molar-refractivity contribution in [3.05, 3.63) is 33.3 Å². The van der Waals surface area contributed by atoms with Crippen LogP contribution in [-0.4, -0.2) is 34.6 Å². The normalized spacial score (nSPS) is 24.6. The molecule has 1 nitrogen and oxygen atoms in total. The predicted octanol–water partition coefficient (Wildman–Crippen LogP) is 4.86. The van der Waals surface area contributed by atoms with Crippen LogP contribution in [-0.2, 0) is 6.42 Å². The maximum atomic E-state index is 6.38. The van der Waals surface area contributed by atoms with Gasteiger partial charge in [0.25, 0.3) is 0 Å². The Balaban J connectivity index is 2.11. The number of hydrogen-bond acceptors (Lipinski definition) is 3. The average Bonchev–Trinajstić information content (AvgIpc) is 2.42. The summed E-state index contributed by atoms with van der Waals surface area (Å²) < 4.78 is 1.04. The molecule has 1 N–H and O–H groups in total. The van der Waals surface area contributed by atoms with E-state index in [-0.39, 0.29) is 0 Å². The van der Waals surface area contributed by atoms with Crippen molar-refractivity contribution in [2.45, 2.75) is 36.8 Å². The summed E-state index contributed by atoms with van der Waals surface area (Å²) in [5.74, 6) is 2.54. The number of nitrogens with one attached hydrogen (secondary N) is 1. The maximum Gasteiger partial charge on any atom is 0.0449 e. The molecule has 1 heterocycles. The lowest BCUT2D eigenvalue weighted by molar-refractivity contribution is 0.501. The number of thioether (sulfide) groups is 2. The van der Waals surface area contributed by atoms with E-state index in [9.17, 15) is 0 Å². The van der Waals surface area contributed by atoms with Crippen LogP contribution in [0.15, 0.2) is 22.7 Å². The second-order valence-corrected chi connectivity index (χ2v) is 9.11. The van der Waals surface area contributed by atoms with E-state index in [0.29, 0.717) is 16.5 Å². The smallest absolute Gasteiger partial charge is 0.0449 e. The summed E-state index contributed by atoms with van der Waals surface area (Å²) in [7, 11) is 0. The molecule has 1 aromatic carbocycles. The zero-order chi connectivity index (χ0) is 14.5. The quantitative estimate of drug-likeness (QED) is 0.766. The van der Waals surface area contributed by atoms with Crippen LogP contribution >= 0.6 is 51.1 Å². The van der Waals surface area contributed by atoms with Gasteiger partial charge in [-0.2, -0.15) is 23.5 Å². The zero-order valence-electron chi connectivity index (χ0n) is 11.9. The molecule has 3 atom stereocenters. The molecule has 0 spiro atoms. The summed E-state index contributed by atoms with van der Waals surface area (Å²) in [6.07, 6.45) is 1.00. The molecule has 2 rings (SSSR count). The van der Waals surface area contributed by atoms with Crippen molar-refractivity contribution in [2.75, 3.05) is 18.1 Å². The Morgan fingerprint density at radius 3 is 2.80 bits per heavy atom. The maximum absolute atomic E-state index is 6.38. The van der Waals surface area contributed by atoms with E-state index in [4.69, 9.17) is 11.6 Å². The summed E-state index contributed by atoms with van der Waals surface area (Å²) >= 11 is 14.1. The highest BCUT2D eigenvalue weighted by Crippen LogP contribution is 2.34. The molecule has 1 aliphatic rings. The fraction of sp³-hybridized carbons (Fsp3) is 0.600. The molecule has 0 aliphatic carbocycles. The molecule has 0 saturated carbocycles. The Morgan fingerprint density at radius 1 is 1.40 bits per heavy atom. The van der Waals surface area contributed by atoms with Gasteiger partial charge in [-0.15, -0.1) is 0 Å². The van der Waals surface area contributed by atoms with E-state index in [0.717, 1.165) is 22.5 Å². The lowest BCUT2D eigenvalue weighted by Crippen LogP contribution is -2.45. The molecule has 5 heteroatoms. The SMILES string of the molecule is CCNC(Cc1ccc(Br)cc1Cl)C1SCCSC1C.